The second-order valence-electron chi connectivity index (χ2n) is 5.78. The Labute approximate surface area is 123 Å². The van der Waals surface area contributed by atoms with Crippen LogP contribution in [0.15, 0.2) is 34.9 Å². The molecule has 5 nitrogen and oxygen atoms in total. The van der Waals surface area contributed by atoms with Crippen molar-refractivity contribution in [2.75, 3.05) is 4.72 Å². The molecule has 21 heavy (non-hydrogen) atoms. The third kappa shape index (κ3) is 4.04. The molecular weight excluding hydrogens is 295 g/mol. The molecule has 0 bridgehead atoms. The molecule has 1 heterocycles. The van der Waals surface area contributed by atoms with Crippen molar-refractivity contribution in [1.29, 1.82) is 0 Å². The normalized spacial score (nSPS) is 12.4. The first-order valence-corrected chi connectivity index (χ1v) is 8.04. The first-order chi connectivity index (χ1) is 9.67. The van der Waals surface area contributed by atoms with Crippen molar-refractivity contribution in [3.8, 4) is 0 Å². The smallest absolute Gasteiger partial charge is 0.239 e. The number of rotatable bonds is 4. The number of sulfonamides is 1. The van der Waals surface area contributed by atoms with Crippen LogP contribution < -0.4 is 4.72 Å². The van der Waals surface area contributed by atoms with Crippen molar-refractivity contribution in [2.45, 2.75) is 31.9 Å². The first-order valence-electron chi connectivity index (χ1n) is 6.38. The maximum absolute atomic E-state index is 13.5. The lowest BCUT2D eigenvalue weighted by Gasteiger charge is -2.12. The lowest BCUT2D eigenvalue weighted by Crippen LogP contribution is -2.15. The molecule has 1 N–H and O–H groups in total. The van der Waals surface area contributed by atoms with Crippen LogP contribution in [0.4, 0.5) is 10.3 Å². The van der Waals surface area contributed by atoms with Gasteiger partial charge in [-0.1, -0.05) is 44.1 Å². The van der Waals surface area contributed by atoms with E-state index in [0.717, 1.165) is 0 Å². The topological polar surface area (TPSA) is 72.2 Å². The standard InChI is InChI=1S/C14H17FN2O3S/c1-14(2,3)12-8-13(20-16-12)17-21(18,19)9-10-6-4-5-7-11(10)15/h4-8,17H,9H2,1-3H3. The van der Waals surface area contributed by atoms with Gasteiger partial charge in [0.25, 0.3) is 0 Å². The molecule has 0 atom stereocenters. The fraction of sp³-hybridized carbons (Fsp3) is 0.357. The summed E-state index contributed by atoms with van der Waals surface area (Å²) < 4.78 is 44.7. The van der Waals surface area contributed by atoms with Crippen LogP contribution in [-0.4, -0.2) is 13.6 Å². The Morgan fingerprint density at radius 2 is 1.95 bits per heavy atom. The molecule has 0 spiro atoms. The van der Waals surface area contributed by atoms with Crippen molar-refractivity contribution in [3.05, 3.63) is 47.4 Å². The van der Waals surface area contributed by atoms with E-state index in [9.17, 15) is 12.8 Å². The van der Waals surface area contributed by atoms with Gasteiger partial charge in [0, 0.05) is 17.0 Å². The Bertz CT molecular complexity index is 733. The third-order valence-corrected chi connectivity index (χ3v) is 4.04. The molecule has 0 amide bonds. The molecule has 0 aliphatic carbocycles. The van der Waals surface area contributed by atoms with Crippen LogP contribution in [0.2, 0.25) is 0 Å². The lowest BCUT2D eigenvalue weighted by atomic mass is 9.92. The maximum Gasteiger partial charge on any atom is 0.239 e. The third-order valence-electron chi connectivity index (χ3n) is 2.84. The van der Waals surface area contributed by atoms with Crippen LogP contribution in [-0.2, 0) is 21.2 Å². The first kappa shape index (κ1) is 15.5. The summed E-state index contributed by atoms with van der Waals surface area (Å²) in [4.78, 5) is 0. The second kappa shape index (κ2) is 5.48. The van der Waals surface area contributed by atoms with Gasteiger partial charge in [0.2, 0.25) is 15.9 Å². The van der Waals surface area contributed by atoms with E-state index in [1.54, 1.807) is 6.07 Å². The molecule has 0 saturated heterocycles. The van der Waals surface area contributed by atoms with Gasteiger partial charge in [0.05, 0.1) is 11.4 Å². The van der Waals surface area contributed by atoms with E-state index < -0.39 is 21.6 Å². The summed E-state index contributed by atoms with van der Waals surface area (Å²) in [6, 6.07) is 7.26. The minimum atomic E-state index is -3.77. The fourth-order valence-electron chi connectivity index (χ4n) is 1.69. The van der Waals surface area contributed by atoms with Crippen molar-refractivity contribution < 1.29 is 17.3 Å². The van der Waals surface area contributed by atoms with Gasteiger partial charge in [0.1, 0.15) is 5.82 Å². The number of anilines is 1. The Hall–Kier alpha value is -1.89. The average molecular weight is 312 g/mol. The monoisotopic (exact) mass is 312 g/mol. The predicted molar refractivity (Wildman–Crippen MR) is 77.8 cm³/mol. The van der Waals surface area contributed by atoms with E-state index in [1.807, 2.05) is 20.8 Å². The number of halogens is 1. The Morgan fingerprint density at radius 1 is 1.29 bits per heavy atom. The molecule has 0 radical (unpaired) electrons. The highest BCUT2D eigenvalue weighted by Crippen LogP contribution is 2.24. The van der Waals surface area contributed by atoms with Crippen molar-refractivity contribution in [2.24, 2.45) is 0 Å². The Balaban J connectivity index is 2.15. The fourth-order valence-corrected chi connectivity index (χ4v) is 2.80. The van der Waals surface area contributed by atoms with Crippen molar-refractivity contribution in [3.63, 3.8) is 0 Å². The number of aromatic nitrogens is 1. The van der Waals surface area contributed by atoms with Crippen LogP contribution in [0, 0.1) is 5.82 Å². The molecule has 0 aliphatic heterocycles. The van der Waals surface area contributed by atoms with Gasteiger partial charge in [-0.15, -0.1) is 0 Å². The Kier molecular flexibility index (Phi) is 4.04. The molecule has 0 aliphatic rings. The SMILES string of the molecule is CC(C)(C)c1cc(NS(=O)(=O)Cc2ccccc2F)on1. The summed E-state index contributed by atoms with van der Waals surface area (Å²) in [7, 11) is -3.77. The largest absolute Gasteiger partial charge is 0.338 e. The van der Waals surface area contributed by atoms with E-state index in [4.69, 9.17) is 4.52 Å². The van der Waals surface area contributed by atoms with Gasteiger partial charge in [0.15, 0.2) is 0 Å². The minimum absolute atomic E-state index is 0.0243. The van der Waals surface area contributed by atoms with E-state index in [2.05, 4.69) is 9.88 Å². The highest BCUT2D eigenvalue weighted by molar-refractivity contribution is 7.91. The number of nitrogens with zero attached hydrogens (tertiary/aromatic N) is 1. The summed E-state index contributed by atoms with van der Waals surface area (Å²) in [6.45, 7) is 5.80. The van der Waals surface area contributed by atoms with Gasteiger partial charge in [-0.25, -0.2) is 12.8 Å². The zero-order valence-electron chi connectivity index (χ0n) is 12.1. The summed E-state index contributed by atoms with van der Waals surface area (Å²) in [5, 5.41) is 3.82. The zero-order chi connectivity index (χ0) is 15.7. The zero-order valence-corrected chi connectivity index (χ0v) is 12.9. The average Bonchev–Trinajstić information content (AvgIpc) is 2.79. The summed E-state index contributed by atoms with van der Waals surface area (Å²) >= 11 is 0. The highest BCUT2D eigenvalue weighted by Gasteiger charge is 2.21. The van der Waals surface area contributed by atoms with Crippen molar-refractivity contribution in [1.82, 2.24) is 5.16 Å². The molecular formula is C14H17FN2O3S. The van der Waals surface area contributed by atoms with Crippen LogP contribution in [0.1, 0.15) is 32.0 Å². The minimum Gasteiger partial charge on any atom is -0.338 e. The van der Waals surface area contributed by atoms with Crippen LogP contribution in [0.3, 0.4) is 0 Å². The van der Waals surface area contributed by atoms with Gasteiger partial charge in [-0.05, 0) is 6.07 Å². The highest BCUT2D eigenvalue weighted by atomic mass is 32.2. The predicted octanol–water partition coefficient (Wildman–Crippen LogP) is 3.05. The molecule has 2 aromatic rings. The van der Waals surface area contributed by atoms with E-state index in [-0.39, 0.29) is 16.9 Å². The van der Waals surface area contributed by atoms with E-state index in [0.29, 0.717) is 5.69 Å². The Morgan fingerprint density at radius 3 is 2.52 bits per heavy atom. The molecule has 0 fully saturated rings. The van der Waals surface area contributed by atoms with Crippen LogP contribution in [0.25, 0.3) is 0 Å². The van der Waals surface area contributed by atoms with Gasteiger partial charge < -0.3 is 4.52 Å². The maximum atomic E-state index is 13.5. The molecule has 7 heteroatoms. The number of hydrogen-bond donors (Lipinski definition) is 1. The second-order valence-corrected chi connectivity index (χ2v) is 7.50. The molecule has 0 unspecified atom stereocenters. The number of hydrogen-bond acceptors (Lipinski definition) is 4. The molecule has 0 saturated carbocycles. The summed E-state index contributed by atoms with van der Waals surface area (Å²) in [5.41, 5.74) is 0.477. The van der Waals surface area contributed by atoms with Crippen molar-refractivity contribution >= 4 is 15.9 Å². The molecule has 2 rings (SSSR count). The van der Waals surface area contributed by atoms with Crippen LogP contribution >= 0.6 is 0 Å². The summed E-state index contributed by atoms with van der Waals surface area (Å²) in [5.74, 6) is -1.00. The van der Waals surface area contributed by atoms with Gasteiger partial charge >= 0.3 is 0 Å². The van der Waals surface area contributed by atoms with E-state index in [1.165, 1.54) is 24.3 Å². The van der Waals surface area contributed by atoms with E-state index >= 15 is 0 Å². The molecule has 1 aromatic carbocycles. The molecule has 114 valence electrons. The summed E-state index contributed by atoms with van der Waals surface area (Å²) in [6.07, 6.45) is 0. The van der Waals surface area contributed by atoms with Gasteiger partial charge in [-0.3, -0.25) is 4.72 Å². The quantitative estimate of drug-likeness (QED) is 0.942. The lowest BCUT2D eigenvalue weighted by molar-refractivity contribution is 0.405. The number of nitrogens with one attached hydrogen (secondary N) is 1. The van der Waals surface area contributed by atoms with Gasteiger partial charge in [-0.2, -0.15) is 0 Å². The molecule has 1 aromatic heterocycles. The van der Waals surface area contributed by atoms with Crippen LogP contribution in [0.5, 0.6) is 0 Å². The number of benzene rings is 1.